The van der Waals surface area contributed by atoms with E-state index in [9.17, 15) is 4.79 Å². The van der Waals surface area contributed by atoms with Gasteiger partial charge < -0.3 is 9.64 Å². The molecule has 1 aliphatic heterocycles. The average Bonchev–Trinajstić information content (AvgIpc) is 3.22. The Kier molecular flexibility index (Phi) is 4.18. The smallest absolute Gasteiger partial charge is 0.246 e. The van der Waals surface area contributed by atoms with E-state index >= 15 is 0 Å². The van der Waals surface area contributed by atoms with Gasteiger partial charge in [-0.3, -0.25) is 14.5 Å². The van der Waals surface area contributed by atoms with Crippen LogP contribution >= 0.6 is 0 Å². The quantitative estimate of drug-likeness (QED) is 0.766. The van der Waals surface area contributed by atoms with Crippen LogP contribution in [-0.2, 0) is 17.9 Å². The number of amides is 1. The number of carbonyl (C=O) groups is 1. The summed E-state index contributed by atoms with van der Waals surface area (Å²) in [5.41, 5.74) is 3.73. The molecule has 0 saturated carbocycles. The lowest BCUT2D eigenvalue weighted by molar-refractivity contribution is -0.137. The predicted molar refractivity (Wildman–Crippen MR) is 99.0 cm³/mol. The summed E-state index contributed by atoms with van der Waals surface area (Å²) in [5, 5.41) is 15.9. The summed E-state index contributed by atoms with van der Waals surface area (Å²) in [4.78, 5) is 14.8. The van der Waals surface area contributed by atoms with Crippen LogP contribution in [0.2, 0.25) is 0 Å². The Morgan fingerprint density at radius 1 is 1.22 bits per heavy atom. The van der Waals surface area contributed by atoms with Crippen molar-refractivity contribution in [3.05, 3.63) is 47.0 Å². The Morgan fingerprint density at radius 2 is 1.96 bits per heavy atom. The van der Waals surface area contributed by atoms with Gasteiger partial charge in [0.2, 0.25) is 5.91 Å². The number of carbonyl (C=O) groups excluding carboxylic acids is 1. The maximum atomic E-state index is 13.0. The molecule has 1 aliphatic rings. The number of nitrogens with zero attached hydrogens (tertiary/aromatic N) is 5. The summed E-state index contributed by atoms with van der Waals surface area (Å²) >= 11 is 0. The Bertz CT molecular complexity index is 969. The van der Waals surface area contributed by atoms with Crippen molar-refractivity contribution in [3.63, 3.8) is 0 Å². The summed E-state index contributed by atoms with van der Waals surface area (Å²) < 4.78 is 7.12. The van der Waals surface area contributed by atoms with Gasteiger partial charge in [0, 0.05) is 12.2 Å². The minimum atomic E-state index is -0.370. The lowest BCUT2D eigenvalue weighted by atomic mass is 10.1. The first-order valence-corrected chi connectivity index (χ1v) is 8.87. The molecule has 140 valence electrons. The topological polar surface area (TPSA) is 88.9 Å². The van der Waals surface area contributed by atoms with Crippen molar-refractivity contribution in [2.45, 2.75) is 39.9 Å². The van der Waals surface area contributed by atoms with Crippen LogP contribution in [0, 0.1) is 13.8 Å². The largest absolute Gasteiger partial charge is 0.497 e. The summed E-state index contributed by atoms with van der Waals surface area (Å²) in [7, 11) is 1.64. The molecule has 0 fully saturated rings. The van der Waals surface area contributed by atoms with Crippen LogP contribution in [0.3, 0.4) is 0 Å². The molecule has 1 amide bonds. The first-order valence-electron chi connectivity index (χ1n) is 8.87. The standard InChI is InChI=1S/C19H22N6O2/c1-11-17(12(2)21-20-11)18-23-22-16-10-24(19(26)13(3)25(16)18)9-14-5-7-15(27-4)8-6-14/h5-8,13H,9-10H2,1-4H3,(H,20,21)/t13-/m0/s1. The van der Waals surface area contributed by atoms with Crippen molar-refractivity contribution in [1.82, 2.24) is 29.9 Å². The molecule has 0 aliphatic carbocycles. The minimum absolute atomic E-state index is 0.0539. The number of ether oxygens (including phenoxy) is 1. The number of hydrogen-bond acceptors (Lipinski definition) is 5. The molecule has 8 nitrogen and oxygen atoms in total. The normalized spacial score (nSPS) is 16.5. The van der Waals surface area contributed by atoms with Gasteiger partial charge in [-0.25, -0.2) is 0 Å². The summed E-state index contributed by atoms with van der Waals surface area (Å²) in [6, 6.07) is 7.38. The molecule has 2 aromatic heterocycles. The van der Waals surface area contributed by atoms with Crippen molar-refractivity contribution in [2.24, 2.45) is 0 Å². The maximum Gasteiger partial charge on any atom is 0.246 e. The zero-order valence-electron chi connectivity index (χ0n) is 15.9. The molecule has 3 aromatic rings. The number of aromatic nitrogens is 5. The van der Waals surface area contributed by atoms with Gasteiger partial charge in [0.15, 0.2) is 11.6 Å². The molecule has 1 N–H and O–H groups in total. The average molecular weight is 366 g/mol. The van der Waals surface area contributed by atoms with Crippen LogP contribution in [0.15, 0.2) is 24.3 Å². The Labute approximate surface area is 157 Å². The highest BCUT2D eigenvalue weighted by Gasteiger charge is 2.34. The van der Waals surface area contributed by atoms with Crippen molar-refractivity contribution in [1.29, 1.82) is 0 Å². The SMILES string of the molecule is COc1ccc(CN2Cc3nnc(-c4c(C)n[nH]c4C)n3[C@@H](C)C2=O)cc1. The van der Waals surface area contributed by atoms with Gasteiger partial charge in [0.05, 0.1) is 24.9 Å². The lowest BCUT2D eigenvalue weighted by Crippen LogP contribution is -2.41. The fourth-order valence-electron chi connectivity index (χ4n) is 3.60. The second kappa shape index (κ2) is 6.53. The number of aryl methyl sites for hydroxylation is 2. The molecule has 0 saturated heterocycles. The van der Waals surface area contributed by atoms with Crippen molar-refractivity contribution >= 4 is 5.91 Å². The fourth-order valence-corrected chi connectivity index (χ4v) is 3.60. The Hall–Kier alpha value is -3.16. The molecule has 0 spiro atoms. The van der Waals surface area contributed by atoms with Crippen molar-refractivity contribution in [3.8, 4) is 17.1 Å². The zero-order valence-corrected chi connectivity index (χ0v) is 15.9. The minimum Gasteiger partial charge on any atom is -0.497 e. The molecule has 0 radical (unpaired) electrons. The van der Waals surface area contributed by atoms with E-state index in [1.165, 1.54) is 0 Å². The third-order valence-corrected chi connectivity index (χ3v) is 5.04. The van der Waals surface area contributed by atoms with Gasteiger partial charge in [-0.1, -0.05) is 12.1 Å². The number of fused-ring (bicyclic) bond motifs is 1. The Balaban J connectivity index is 1.64. The molecule has 1 atom stereocenters. The third kappa shape index (κ3) is 2.87. The van der Waals surface area contributed by atoms with Crippen LogP contribution in [0.25, 0.3) is 11.4 Å². The van der Waals surface area contributed by atoms with Crippen LogP contribution in [0.4, 0.5) is 0 Å². The van der Waals surface area contributed by atoms with Gasteiger partial charge in [-0.05, 0) is 38.5 Å². The van der Waals surface area contributed by atoms with E-state index in [1.54, 1.807) is 7.11 Å². The van der Waals surface area contributed by atoms with Crippen LogP contribution < -0.4 is 4.74 Å². The third-order valence-electron chi connectivity index (χ3n) is 5.04. The lowest BCUT2D eigenvalue weighted by Gasteiger charge is -2.32. The van der Waals surface area contributed by atoms with E-state index in [-0.39, 0.29) is 11.9 Å². The number of nitrogens with one attached hydrogen (secondary N) is 1. The second-order valence-corrected chi connectivity index (χ2v) is 6.84. The highest BCUT2D eigenvalue weighted by Crippen LogP contribution is 2.31. The summed E-state index contributed by atoms with van der Waals surface area (Å²) in [6.45, 7) is 6.72. The van der Waals surface area contributed by atoms with E-state index in [0.29, 0.717) is 18.9 Å². The Morgan fingerprint density at radius 3 is 2.59 bits per heavy atom. The number of methoxy groups -OCH3 is 1. The van der Waals surface area contributed by atoms with Crippen LogP contribution in [-0.4, -0.2) is 42.9 Å². The first kappa shape index (κ1) is 17.3. The van der Waals surface area contributed by atoms with Crippen molar-refractivity contribution < 1.29 is 9.53 Å². The van der Waals surface area contributed by atoms with E-state index in [2.05, 4.69) is 20.4 Å². The molecule has 8 heteroatoms. The number of H-pyrrole nitrogens is 1. The van der Waals surface area contributed by atoms with Gasteiger partial charge in [0.1, 0.15) is 11.8 Å². The van der Waals surface area contributed by atoms with Crippen molar-refractivity contribution in [2.75, 3.05) is 7.11 Å². The monoisotopic (exact) mass is 366 g/mol. The summed E-state index contributed by atoms with van der Waals surface area (Å²) in [6.07, 6.45) is 0. The second-order valence-electron chi connectivity index (χ2n) is 6.84. The van der Waals surface area contributed by atoms with Gasteiger partial charge in [-0.15, -0.1) is 10.2 Å². The fraction of sp³-hybridized carbons (Fsp3) is 0.368. The van der Waals surface area contributed by atoms with Gasteiger partial charge in [-0.2, -0.15) is 5.10 Å². The molecule has 3 heterocycles. The summed E-state index contributed by atoms with van der Waals surface area (Å²) in [5.74, 6) is 2.33. The molecule has 4 rings (SSSR count). The van der Waals surface area contributed by atoms with Crippen LogP contribution in [0.1, 0.15) is 35.7 Å². The predicted octanol–water partition coefficient (Wildman–Crippen LogP) is 2.40. The number of benzene rings is 1. The molecule has 27 heavy (non-hydrogen) atoms. The highest BCUT2D eigenvalue weighted by atomic mass is 16.5. The molecule has 1 aromatic carbocycles. The number of rotatable bonds is 4. The molecule has 0 unspecified atom stereocenters. The van der Waals surface area contributed by atoms with Gasteiger partial charge in [0.25, 0.3) is 0 Å². The molecular formula is C19H22N6O2. The van der Waals surface area contributed by atoms with E-state index < -0.39 is 0 Å². The molecular weight excluding hydrogens is 344 g/mol. The van der Waals surface area contributed by atoms with E-state index in [0.717, 1.165) is 34.1 Å². The molecule has 0 bridgehead atoms. The highest BCUT2D eigenvalue weighted by molar-refractivity contribution is 5.82. The number of aromatic amines is 1. The van der Waals surface area contributed by atoms with E-state index in [4.69, 9.17) is 4.74 Å². The van der Waals surface area contributed by atoms with Gasteiger partial charge >= 0.3 is 0 Å². The zero-order chi connectivity index (χ0) is 19.1. The van der Waals surface area contributed by atoms with E-state index in [1.807, 2.05) is 54.5 Å². The number of hydrogen-bond donors (Lipinski definition) is 1. The maximum absolute atomic E-state index is 13.0. The van der Waals surface area contributed by atoms with Crippen LogP contribution in [0.5, 0.6) is 5.75 Å². The first-order chi connectivity index (χ1) is 13.0.